The van der Waals surface area contributed by atoms with Crippen molar-refractivity contribution in [2.24, 2.45) is 0 Å². The molecule has 0 saturated carbocycles. The minimum Gasteiger partial charge on any atom is -0.465 e. The molecule has 1 N–H and O–H groups in total. The summed E-state index contributed by atoms with van der Waals surface area (Å²) in [6.07, 6.45) is 3.50. The number of ether oxygens (including phenoxy) is 1. The molecule has 1 aromatic rings. The highest BCUT2D eigenvalue weighted by molar-refractivity contribution is 5.71. The van der Waals surface area contributed by atoms with Crippen molar-refractivity contribution in [1.29, 1.82) is 0 Å². The molecular weight excluding hydrogens is 192 g/mol. The van der Waals surface area contributed by atoms with Crippen LogP contribution in [-0.4, -0.2) is 24.1 Å². The van der Waals surface area contributed by atoms with Gasteiger partial charge in [-0.15, -0.1) is 0 Å². The van der Waals surface area contributed by atoms with E-state index in [1.807, 2.05) is 19.1 Å². The smallest absolute Gasteiger partial charge is 0.319 e. The summed E-state index contributed by atoms with van der Waals surface area (Å²) < 4.78 is 4.81. The van der Waals surface area contributed by atoms with Gasteiger partial charge in [-0.2, -0.15) is 0 Å². The highest BCUT2D eigenvalue weighted by atomic mass is 16.5. The molecule has 0 saturated heterocycles. The standard InChI is InChI=1S/C11H16N2O2/c1-3-15-11(14)8-13-9(2)10-5-4-6-12-7-10/h4-7,9,13H,3,8H2,1-2H3. The Morgan fingerprint density at radius 1 is 1.67 bits per heavy atom. The molecule has 1 rings (SSSR count). The van der Waals surface area contributed by atoms with Gasteiger partial charge < -0.3 is 10.1 Å². The van der Waals surface area contributed by atoms with Crippen LogP contribution in [0.4, 0.5) is 0 Å². The topological polar surface area (TPSA) is 51.2 Å². The van der Waals surface area contributed by atoms with Crippen molar-refractivity contribution in [1.82, 2.24) is 10.3 Å². The molecule has 0 aliphatic rings. The molecule has 1 unspecified atom stereocenters. The number of hydrogen-bond acceptors (Lipinski definition) is 4. The summed E-state index contributed by atoms with van der Waals surface area (Å²) in [6.45, 7) is 4.42. The number of esters is 1. The number of hydrogen-bond donors (Lipinski definition) is 1. The van der Waals surface area contributed by atoms with E-state index in [4.69, 9.17) is 4.74 Å². The third-order valence-electron chi connectivity index (χ3n) is 2.04. The SMILES string of the molecule is CCOC(=O)CNC(C)c1cccnc1. The normalized spacial score (nSPS) is 12.1. The van der Waals surface area contributed by atoms with Crippen LogP contribution in [0.3, 0.4) is 0 Å². The van der Waals surface area contributed by atoms with Gasteiger partial charge in [-0.05, 0) is 25.5 Å². The van der Waals surface area contributed by atoms with Crippen LogP contribution in [0.1, 0.15) is 25.5 Å². The van der Waals surface area contributed by atoms with Crippen molar-refractivity contribution in [3.05, 3.63) is 30.1 Å². The Bertz CT molecular complexity index is 301. The van der Waals surface area contributed by atoms with Gasteiger partial charge in [0.05, 0.1) is 13.2 Å². The fourth-order valence-corrected chi connectivity index (χ4v) is 1.20. The van der Waals surface area contributed by atoms with Crippen molar-refractivity contribution >= 4 is 5.97 Å². The zero-order chi connectivity index (χ0) is 11.1. The lowest BCUT2D eigenvalue weighted by atomic mass is 10.1. The average molecular weight is 208 g/mol. The molecule has 4 nitrogen and oxygen atoms in total. The highest BCUT2D eigenvalue weighted by Crippen LogP contribution is 2.08. The van der Waals surface area contributed by atoms with Gasteiger partial charge in [0.1, 0.15) is 0 Å². The van der Waals surface area contributed by atoms with Crippen LogP contribution >= 0.6 is 0 Å². The van der Waals surface area contributed by atoms with Gasteiger partial charge in [0.2, 0.25) is 0 Å². The Morgan fingerprint density at radius 3 is 3.07 bits per heavy atom. The van der Waals surface area contributed by atoms with Gasteiger partial charge in [0.25, 0.3) is 0 Å². The molecule has 0 fully saturated rings. The molecule has 0 aliphatic carbocycles. The largest absolute Gasteiger partial charge is 0.465 e. The summed E-state index contributed by atoms with van der Waals surface area (Å²) in [4.78, 5) is 15.1. The lowest BCUT2D eigenvalue weighted by molar-refractivity contribution is -0.142. The predicted molar refractivity (Wildman–Crippen MR) is 57.3 cm³/mol. The van der Waals surface area contributed by atoms with Crippen molar-refractivity contribution < 1.29 is 9.53 Å². The number of aromatic nitrogens is 1. The summed E-state index contributed by atoms with van der Waals surface area (Å²) in [5.41, 5.74) is 1.06. The molecule has 1 aromatic heterocycles. The summed E-state index contributed by atoms with van der Waals surface area (Å²) in [5.74, 6) is -0.228. The lowest BCUT2D eigenvalue weighted by Gasteiger charge is -2.12. The Morgan fingerprint density at radius 2 is 2.47 bits per heavy atom. The van der Waals surface area contributed by atoms with Gasteiger partial charge in [0, 0.05) is 18.4 Å². The quantitative estimate of drug-likeness (QED) is 0.741. The third kappa shape index (κ3) is 4.08. The summed E-state index contributed by atoms with van der Waals surface area (Å²) in [7, 11) is 0. The van der Waals surface area contributed by atoms with Crippen molar-refractivity contribution in [3.63, 3.8) is 0 Å². The third-order valence-corrected chi connectivity index (χ3v) is 2.04. The number of pyridine rings is 1. The van der Waals surface area contributed by atoms with Crippen LogP contribution < -0.4 is 5.32 Å². The minimum absolute atomic E-state index is 0.100. The Balaban J connectivity index is 2.37. The van der Waals surface area contributed by atoms with E-state index in [1.54, 1.807) is 19.3 Å². The van der Waals surface area contributed by atoms with E-state index >= 15 is 0 Å². The zero-order valence-corrected chi connectivity index (χ0v) is 9.06. The van der Waals surface area contributed by atoms with Crippen LogP contribution in [0, 0.1) is 0 Å². The maximum absolute atomic E-state index is 11.1. The molecule has 82 valence electrons. The molecular formula is C11H16N2O2. The number of carbonyl (C=O) groups excluding carboxylic acids is 1. The number of carbonyl (C=O) groups is 1. The summed E-state index contributed by atoms with van der Waals surface area (Å²) >= 11 is 0. The number of rotatable bonds is 5. The fraction of sp³-hybridized carbons (Fsp3) is 0.455. The van der Waals surface area contributed by atoms with Gasteiger partial charge in [-0.1, -0.05) is 6.07 Å². The first kappa shape index (κ1) is 11.7. The van der Waals surface area contributed by atoms with Gasteiger partial charge in [-0.3, -0.25) is 9.78 Å². The van der Waals surface area contributed by atoms with Gasteiger partial charge in [0.15, 0.2) is 0 Å². The first-order chi connectivity index (χ1) is 7.24. The molecule has 1 heterocycles. The molecule has 15 heavy (non-hydrogen) atoms. The molecule has 0 aromatic carbocycles. The zero-order valence-electron chi connectivity index (χ0n) is 9.06. The first-order valence-electron chi connectivity index (χ1n) is 5.03. The summed E-state index contributed by atoms with van der Waals surface area (Å²) in [5, 5.41) is 3.07. The molecule has 0 radical (unpaired) electrons. The Hall–Kier alpha value is -1.42. The fourth-order valence-electron chi connectivity index (χ4n) is 1.20. The maximum atomic E-state index is 11.1. The average Bonchev–Trinajstić information content (AvgIpc) is 2.27. The maximum Gasteiger partial charge on any atom is 0.319 e. The Labute approximate surface area is 89.7 Å². The van der Waals surface area contributed by atoms with Crippen LogP contribution in [0.5, 0.6) is 0 Å². The van der Waals surface area contributed by atoms with E-state index in [1.165, 1.54) is 0 Å². The molecule has 0 amide bonds. The van der Waals surface area contributed by atoms with Crippen LogP contribution in [0.25, 0.3) is 0 Å². The van der Waals surface area contributed by atoms with Crippen LogP contribution in [-0.2, 0) is 9.53 Å². The molecule has 0 bridgehead atoms. The van der Waals surface area contributed by atoms with Crippen molar-refractivity contribution in [2.75, 3.05) is 13.2 Å². The van der Waals surface area contributed by atoms with Crippen molar-refractivity contribution in [3.8, 4) is 0 Å². The van der Waals surface area contributed by atoms with Gasteiger partial charge >= 0.3 is 5.97 Å². The second-order valence-corrected chi connectivity index (χ2v) is 3.19. The van der Waals surface area contributed by atoms with E-state index in [9.17, 15) is 4.79 Å². The van der Waals surface area contributed by atoms with Crippen LogP contribution in [0.15, 0.2) is 24.5 Å². The second-order valence-electron chi connectivity index (χ2n) is 3.19. The van der Waals surface area contributed by atoms with E-state index in [-0.39, 0.29) is 18.6 Å². The van der Waals surface area contributed by atoms with E-state index in [0.29, 0.717) is 6.61 Å². The van der Waals surface area contributed by atoms with E-state index in [0.717, 1.165) is 5.56 Å². The minimum atomic E-state index is -0.228. The highest BCUT2D eigenvalue weighted by Gasteiger charge is 2.07. The summed E-state index contributed by atoms with van der Waals surface area (Å²) in [6, 6.07) is 3.94. The van der Waals surface area contributed by atoms with Crippen LogP contribution in [0.2, 0.25) is 0 Å². The number of nitrogens with one attached hydrogen (secondary N) is 1. The van der Waals surface area contributed by atoms with E-state index < -0.39 is 0 Å². The molecule has 1 atom stereocenters. The molecule has 0 aliphatic heterocycles. The lowest BCUT2D eigenvalue weighted by Crippen LogP contribution is -2.27. The van der Waals surface area contributed by atoms with E-state index in [2.05, 4.69) is 10.3 Å². The monoisotopic (exact) mass is 208 g/mol. The molecule has 4 heteroatoms. The van der Waals surface area contributed by atoms with Crippen molar-refractivity contribution in [2.45, 2.75) is 19.9 Å². The predicted octanol–water partition coefficient (Wildman–Crippen LogP) is 1.30. The van der Waals surface area contributed by atoms with Gasteiger partial charge in [-0.25, -0.2) is 0 Å². The first-order valence-corrected chi connectivity index (χ1v) is 5.03. The second kappa shape index (κ2) is 6.14. The molecule has 0 spiro atoms. The Kier molecular flexibility index (Phi) is 4.77. The number of nitrogens with zero attached hydrogens (tertiary/aromatic N) is 1.